The van der Waals surface area contributed by atoms with Gasteiger partial charge in [0, 0.05) is 45.4 Å². The Morgan fingerprint density at radius 2 is 1.55 bits per heavy atom. The Kier molecular flexibility index (Phi) is 7.37. The highest BCUT2D eigenvalue weighted by atomic mass is 16.2. The fourth-order valence-corrected chi connectivity index (χ4v) is 4.66. The summed E-state index contributed by atoms with van der Waals surface area (Å²) >= 11 is 0. The number of para-hydroxylation sites is 1. The van der Waals surface area contributed by atoms with Crippen LogP contribution >= 0.6 is 0 Å². The van der Waals surface area contributed by atoms with E-state index in [1.807, 2.05) is 6.92 Å². The lowest BCUT2D eigenvalue weighted by atomic mass is 9.95. The van der Waals surface area contributed by atoms with E-state index in [-0.39, 0.29) is 39.6 Å². The number of rotatable bonds is 8. The average Bonchev–Trinajstić information content (AvgIpc) is 2.98. The van der Waals surface area contributed by atoms with Gasteiger partial charge in [-0.1, -0.05) is 55.8 Å². The van der Waals surface area contributed by atoms with E-state index in [0.717, 1.165) is 6.42 Å². The van der Waals surface area contributed by atoms with E-state index in [1.54, 1.807) is 72.8 Å². The minimum atomic E-state index is -0.551. The number of amides is 2. The fourth-order valence-electron chi connectivity index (χ4n) is 4.66. The normalized spacial score (nSPS) is 11.6. The first kappa shape index (κ1) is 26.3. The van der Waals surface area contributed by atoms with Crippen LogP contribution < -0.4 is 37.9 Å². The van der Waals surface area contributed by atoms with Crippen LogP contribution in [-0.2, 0) is 6.54 Å². The third kappa shape index (κ3) is 4.92. The van der Waals surface area contributed by atoms with E-state index in [4.69, 9.17) is 0 Å². The number of carbonyl (C=O) groups is 2. The third-order valence-corrected chi connectivity index (χ3v) is 6.70. The van der Waals surface area contributed by atoms with Gasteiger partial charge in [-0.05, 0) is 42.8 Å². The van der Waals surface area contributed by atoms with Gasteiger partial charge in [-0.25, -0.2) is 0 Å². The molecule has 0 bridgehead atoms. The van der Waals surface area contributed by atoms with Crippen LogP contribution in [0, 0.1) is 0 Å². The molecule has 1 heterocycles. The molecule has 3 aromatic carbocycles. The predicted octanol–water partition coefficient (Wildman–Crippen LogP) is 2.71. The predicted molar refractivity (Wildman–Crippen MR) is 155 cm³/mol. The minimum Gasteiger partial charge on any atom is -0.321 e. The molecule has 1 aliphatic heterocycles. The molecular weight excluding hydrogens is 508 g/mol. The van der Waals surface area contributed by atoms with E-state index in [0.29, 0.717) is 28.6 Å². The Morgan fingerprint density at radius 3 is 2.33 bits per heavy atom. The van der Waals surface area contributed by atoms with E-state index >= 15 is 0 Å². The Hall–Kier alpha value is -5.31. The Labute approximate surface area is 228 Å². The van der Waals surface area contributed by atoms with Crippen molar-refractivity contribution in [3.63, 3.8) is 0 Å². The second-order valence-corrected chi connectivity index (χ2v) is 9.29. The molecule has 3 aromatic rings. The largest absolute Gasteiger partial charge is 0.321 e. The van der Waals surface area contributed by atoms with E-state index < -0.39 is 17.0 Å². The van der Waals surface area contributed by atoms with Gasteiger partial charge in [0.2, 0.25) is 0 Å². The molecule has 0 saturated heterocycles. The summed E-state index contributed by atoms with van der Waals surface area (Å²) in [6.45, 7) is 2.26. The number of aromatic nitrogens is 1. The van der Waals surface area contributed by atoms with E-state index in [2.05, 4.69) is 16.2 Å². The molecule has 9 heteroatoms. The molecule has 0 spiro atoms. The molecule has 3 N–H and O–H groups in total. The number of hydrazine groups is 1. The lowest BCUT2D eigenvalue weighted by Crippen LogP contribution is -2.40. The van der Waals surface area contributed by atoms with Crippen LogP contribution in [0.4, 0.5) is 5.69 Å². The monoisotopic (exact) mass is 534 g/mol. The number of nitrogens with one attached hydrogen (secondary N) is 3. The van der Waals surface area contributed by atoms with Gasteiger partial charge in [0.15, 0.2) is 5.43 Å². The Bertz CT molecular complexity index is 1920. The van der Waals surface area contributed by atoms with Crippen LogP contribution in [0.5, 0.6) is 0 Å². The quantitative estimate of drug-likeness (QED) is 0.263. The van der Waals surface area contributed by atoms with Gasteiger partial charge >= 0.3 is 0 Å². The highest BCUT2D eigenvalue weighted by molar-refractivity contribution is 6.09. The summed E-state index contributed by atoms with van der Waals surface area (Å²) in [5.41, 5.74) is 5.46. The molecule has 0 aromatic heterocycles. The van der Waals surface area contributed by atoms with Crippen LogP contribution in [0.2, 0.25) is 0 Å². The molecule has 9 nitrogen and oxygen atoms in total. The molecule has 40 heavy (non-hydrogen) atoms. The van der Waals surface area contributed by atoms with E-state index in [9.17, 15) is 24.0 Å². The van der Waals surface area contributed by atoms with Gasteiger partial charge < -0.3 is 10.7 Å². The van der Waals surface area contributed by atoms with Gasteiger partial charge in [-0.15, -0.1) is 0 Å². The van der Waals surface area contributed by atoms with Crippen LogP contribution in [0.25, 0.3) is 28.1 Å². The number of carbonyl (C=O) groups excluding carboxylic acids is 2. The molecule has 0 radical (unpaired) electrons. The first-order valence-corrected chi connectivity index (χ1v) is 12.9. The van der Waals surface area contributed by atoms with Crippen LogP contribution in [0.15, 0.2) is 93.2 Å². The maximum atomic E-state index is 13.2. The lowest BCUT2D eigenvalue weighted by molar-refractivity contribution is 0.0944. The van der Waals surface area contributed by atoms with Crippen LogP contribution in [0.1, 0.15) is 40.5 Å². The van der Waals surface area contributed by atoms with Gasteiger partial charge in [0.05, 0.1) is 11.3 Å². The molecule has 2 aliphatic rings. The summed E-state index contributed by atoms with van der Waals surface area (Å²) in [7, 11) is 0. The van der Waals surface area contributed by atoms with Crippen LogP contribution in [0.3, 0.4) is 0 Å². The number of hydrogen-bond acceptors (Lipinski definition) is 6. The SMILES string of the molecule is CCCCn1c(=O)c2cc(=CNNC(=O)c3ccccc3NC(=O)c3ccccc3)c(=O)c3cccc(c3-2)c1=O. The van der Waals surface area contributed by atoms with Crippen molar-refractivity contribution in [2.75, 3.05) is 5.32 Å². The van der Waals surface area contributed by atoms with Crippen molar-refractivity contribution in [1.29, 1.82) is 0 Å². The summed E-state index contributed by atoms with van der Waals surface area (Å²) in [6, 6.07) is 21.4. The van der Waals surface area contributed by atoms with Gasteiger partial charge in [-0.2, -0.15) is 0 Å². The summed E-state index contributed by atoms with van der Waals surface area (Å²) in [4.78, 5) is 65.0. The van der Waals surface area contributed by atoms with Crippen molar-refractivity contribution in [3.8, 4) is 11.1 Å². The smallest absolute Gasteiger partial charge is 0.271 e. The molecular formula is C31H26N4O5. The topological polar surface area (TPSA) is 126 Å². The highest BCUT2D eigenvalue weighted by Crippen LogP contribution is 2.24. The van der Waals surface area contributed by atoms with Crippen molar-refractivity contribution in [2.45, 2.75) is 26.3 Å². The van der Waals surface area contributed by atoms with Crippen LogP contribution in [-0.4, -0.2) is 16.4 Å². The van der Waals surface area contributed by atoms with Gasteiger partial charge in [-0.3, -0.25) is 34.0 Å². The molecule has 5 rings (SSSR count). The Morgan fingerprint density at radius 1 is 0.825 bits per heavy atom. The number of unbranched alkanes of at least 4 members (excludes halogenated alkanes) is 1. The maximum Gasteiger partial charge on any atom is 0.271 e. The van der Waals surface area contributed by atoms with Crippen molar-refractivity contribution >= 4 is 34.5 Å². The number of nitrogens with zero attached hydrogens (tertiary/aromatic N) is 1. The number of anilines is 1. The zero-order chi connectivity index (χ0) is 28.2. The summed E-state index contributed by atoms with van der Waals surface area (Å²) in [5, 5.41) is 3.46. The summed E-state index contributed by atoms with van der Waals surface area (Å²) < 4.78 is 1.21. The van der Waals surface area contributed by atoms with Crippen molar-refractivity contribution in [1.82, 2.24) is 15.4 Å². The van der Waals surface area contributed by atoms with Gasteiger partial charge in [0.1, 0.15) is 0 Å². The average molecular weight is 535 g/mol. The number of pyridine rings is 1. The van der Waals surface area contributed by atoms with Crippen molar-refractivity contribution in [2.24, 2.45) is 0 Å². The molecule has 1 aliphatic carbocycles. The fraction of sp³-hybridized carbons (Fsp3) is 0.129. The summed E-state index contributed by atoms with van der Waals surface area (Å²) in [5.74, 6) is -0.915. The number of benzene rings is 4. The second-order valence-electron chi connectivity index (χ2n) is 9.29. The lowest BCUT2D eigenvalue weighted by Gasteiger charge is -2.14. The summed E-state index contributed by atoms with van der Waals surface area (Å²) in [6.07, 6.45) is 2.78. The number of hydrogen-bond donors (Lipinski definition) is 3. The molecule has 200 valence electrons. The molecule has 0 atom stereocenters. The minimum absolute atomic E-state index is 0.142. The third-order valence-electron chi connectivity index (χ3n) is 6.70. The van der Waals surface area contributed by atoms with Crippen molar-refractivity contribution < 1.29 is 9.59 Å². The Balaban J connectivity index is 1.45. The molecule has 0 saturated carbocycles. The van der Waals surface area contributed by atoms with Crippen molar-refractivity contribution in [3.05, 3.63) is 126 Å². The van der Waals surface area contributed by atoms with Gasteiger partial charge in [0.25, 0.3) is 22.9 Å². The standard InChI is InChI=1S/C31H26N4O5/c1-2-3-16-35-30(39)23-14-9-13-22-26(23)24(31(35)40)17-20(27(22)36)18-32-34-29(38)21-12-7-8-15-25(21)33-28(37)19-10-5-4-6-11-19/h4-15,17-18,32H,2-3,16H2,1H3,(H,33,37)(H,34,38). The van der Waals surface area contributed by atoms with E-state index in [1.165, 1.54) is 16.8 Å². The molecule has 2 amide bonds. The molecule has 0 unspecified atom stereocenters. The second kappa shape index (κ2) is 11.2. The highest BCUT2D eigenvalue weighted by Gasteiger charge is 2.21. The molecule has 0 fully saturated rings. The first-order chi connectivity index (χ1) is 19.4. The maximum absolute atomic E-state index is 13.2. The first-order valence-electron chi connectivity index (χ1n) is 12.9. The zero-order valence-corrected chi connectivity index (χ0v) is 21.7. The zero-order valence-electron chi connectivity index (χ0n) is 21.7.